The Labute approximate surface area is 141 Å². The lowest BCUT2D eigenvalue weighted by Crippen LogP contribution is -2.48. The van der Waals surface area contributed by atoms with Gasteiger partial charge in [0.25, 0.3) is 0 Å². The van der Waals surface area contributed by atoms with E-state index in [1.165, 1.54) is 4.80 Å². The summed E-state index contributed by atoms with van der Waals surface area (Å²) >= 11 is 3.37. The number of carbonyl (C=O) groups excluding carboxylic acids is 1. The van der Waals surface area contributed by atoms with Crippen LogP contribution in [-0.4, -0.2) is 31.7 Å². The van der Waals surface area contributed by atoms with Crippen molar-refractivity contribution in [3.63, 3.8) is 0 Å². The molecule has 0 bridgehead atoms. The number of benzene rings is 1. The first-order chi connectivity index (χ1) is 11.0. The normalized spacial score (nSPS) is 16.4. The summed E-state index contributed by atoms with van der Waals surface area (Å²) in [5, 5.41) is 24.1. The van der Waals surface area contributed by atoms with Gasteiger partial charge in [-0.2, -0.15) is 10.1 Å². The molecular weight excluding hydrogens is 360 g/mol. The number of nitriles is 1. The number of amides is 1. The number of carbonyl (C=O) groups is 1. The Balaban J connectivity index is 1.66. The Bertz CT molecular complexity index is 761. The van der Waals surface area contributed by atoms with E-state index in [1.54, 1.807) is 6.92 Å². The first kappa shape index (κ1) is 15.6. The summed E-state index contributed by atoms with van der Waals surface area (Å²) in [6.07, 6.45) is 1.94. The van der Waals surface area contributed by atoms with Crippen molar-refractivity contribution in [2.24, 2.45) is 5.92 Å². The van der Waals surface area contributed by atoms with E-state index in [4.69, 9.17) is 0 Å². The van der Waals surface area contributed by atoms with E-state index in [0.29, 0.717) is 5.82 Å². The highest BCUT2D eigenvalue weighted by Crippen LogP contribution is 2.39. The molecule has 0 saturated heterocycles. The molecule has 0 unspecified atom stereocenters. The fourth-order valence-corrected chi connectivity index (χ4v) is 2.63. The lowest BCUT2D eigenvalue weighted by Gasteiger charge is -2.22. The third kappa shape index (κ3) is 3.56. The summed E-state index contributed by atoms with van der Waals surface area (Å²) < 4.78 is 0.962. The van der Waals surface area contributed by atoms with Crippen LogP contribution in [0.25, 0.3) is 11.4 Å². The Hall–Kier alpha value is -2.27. The van der Waals surface area contributed by atoms with Gasteiger partial charge in [0, 0.05) is 10.0 Å². The minimum absolute atomic E-state index is 0.0620. The van der Waals surface area contributed by atoms with Crippen LogP contribution in [0.2, 0.25) is 0 Å². The molecular formula is C15H15BrN6O. The lowest BCUT2D eigenvalue weighted by molar-refractivity contribution is -0.123. The van der Waals surface area contributed by atoms with Crippen LogP contribution in [0.15, 0.2) is 28.7 Å². The third-order valence-corrected chi connectivity index (χ3v) is 4.39. The van der Waals surface area contributed by atoms with Gasteiger partial charge in [0.1, 0.15) is 12.1 Å². The highest BCUT2D eigenvalue weighted by molar-refractivity contribution is 9.10. The molecule has 8 heteroatoms. The largest absolute Gasteiger partial charge is 0.336 e. The Morgan fingerprint density at radius 2 is 2.17 bits per heavy atom. The second-order valence-electron chi connectivity index (χ2n) is 5.79. The Morgan fingerprint density at radius 3 is 2.78 bits per heavy atom. The minimum atomic E-state index is -0.813. The number of aromatic nitrogens is 4. The second kappa shape index (κ2) is 6.08. The second-order valence-corrected chi connectivity index (χ2v) is 6.70. The number of nitrogens with one attached hydrogen (secondary N) is 1. The van der Waals surface area contributed by atoms with E-state index in [9.17, 15) is 10.1 Å². The Morgan fingerprint density at radius 1 is 1.48 bits per heavy atom. The van der Waals surface area contributed by atoms with Gasteiger partial charge in [0.15, 0.2) is 0 Å². The molecule has 1 fully saturated rings. The lowest BCUT2D eigenvalue weighted by atomic mass is 9.98. The number of halogens is 1. The van der Waals surface area contributed by atoms with Gasteiger partial charge >= 0.3 is 0 Å². The van der Waals surface area contributed by atoms with E-state index < -0.39 is 5.54 Å². The van der Waals surface area contributed by atoms with Crippen molar-refractivity contribution in [3.05, 3.63) is 28.7 Å². The number of hydrogen-bond donors (Lipinski definition) is 1. The standard InChI is InChI=1S/C15H15BrN6O/c1-15(9-17,11-4-5-11)18-13(23)8-22-20-14(19-21-22)10-2-6-12(16)7-3-10/h2-3,6-7,11H,4-5,8H2,1H3,(H,18,23)/t15-/m0/s1. The molecule has 0 spiro atoms. The highest BCUT2D eigenvalue weighted by Gasteiger charge is 2.43. The SMILES string of the molecule is C[C@@](C#N)(NC(=O)Cn1nnc(-c2ccc(Br)cc2)n1)C1CC1. The van der Waals surface area contributed by atoms with Crippen LogP contribution in [0.1, 0.15) is 19.8 Å². The van der Waals surface area contributed by atoms with Crippen LogP contribution >= 0.6 is 15.9 Å². The van der Waals surface area contributed by atoms with E-state index in [-0.39, 0.29) is 18.4 Å². The Kier molecular flexibility index (Phi) is 4.13. The van der Waals surface area contributed by atoms with Crippen molar-refractivity contribution in [1.29, 1.82) is 5.26 Å². The quantitative estimate of drug-likeness (QED) is 0.861. The van der Waals surface area contributed by atoms with Crippen LogP contribution in [0.3, 0.4) is 0 Å². The van der Waals surface area contributed by atoms with Gasteiger partial charge in [0.05, 0.1) is 6.07 Å². The predicted molar refractivity (Wildman–Crippen MR) is 85.8 cm³/mol. The zero-order valence-corrected chi connectivity index (χ0v) is 14.1. The average Bonchev–Trinajstić information content (AvgIpc) is 3.29. The topological polar surface area (TPSA) is 96.5 Å². The van der Waals surface area contributed by atoms with E-state index >= 15 is 0 Å². The molecule has 1 aliphatic carbocycles. The van der Waals surface area contributed by atoms with Crippen LogP contribution in [0, 0.1) is 17.2 Å². The number of tetrazole rings is 1. The fraction of sp³-hybridized carbons (Fsp3) is 0.400. The summed E-state index contributed by atoms with van der Waals surface area (Å²) in [5.74, 6) is 0.398. The average molecular weight is 375 g/mol. The molecule has 1 N–H and O–H groups in total. The molecule has 0 radical (unpaired) electrons. The van der Waals surface area contributed by atoms with Gasteiger partial charge in [-0.1, -0.05) is 15.9 Å². The zero-order valence-electron chi connectivity index (χ0n) is 12.5. The van der Waals surface area contributed by atoms with Crippen molar-refractivity contribution in [1.82, 2.24) is 25.5 Å². The summed E-state index contributed by atoms with van der Waals surface area (Å²) in [6.45, 7) is 1.69. The molecule has 2 aromatic rings. The van der Waals surface area contributed by atoms with Crippen molar-refractivity contribution < 1.29 is 4.79 Å². The molecule has 7 nitrogen and oxygen atoms in total. The molecule has 1 atom stereocenters. The monoisotopic (exact) mass is 374 g/mol. The molecule has 1 saturated carbocycles. The molecule has 1 aromatic heterocycles. The van der Waals surface area contributed by atoms with Gasteiger partial charge in [0.2, 0.25) is 11.7 Å². The summed E-state index contributed by atoms with van der Waals surface area (Å²) in [6, 6.07) is 9.70. The maximum absolute atomic E-state index is 12.1. The fourth-order valence-electron chi connectivity index (χ4n) is 2.36. The van der Waals surface area contributed by atoms with E-state index in [1.807, 2.05) is 24.3 Å². The zero-order chi connectivity index (χ0) is 16.4. The van der Waals surface area contributed by atoms with Crippen molar-refractivity contribution >= 4 is 21.8 Å². The maximum Gasteiger partial charge on any atom is 0.244 e. The molecule has 3 rings (SSSR count). The first-order valence-electron chi connectivity index (χ1n) is 7.26. The molecule has 1 aliphatic rings. The van der Waals surface area contributed by atoms with Crippen molar-refractivity contribution in [2.45, 2.75) is 31.8 Å². The van der Waals surface area contributed by atoms with Gasteiger partial charge < -0.3 is 5.32 Å². The van der Waals surface area contributed by atoms with Gasteiger partial charge in [-0.15, -0.1) is 10.2 Å². The van der Waals surface area contributed by atoms with Crippen molar-refractivity contribution in [3.8, 4) is 17.5 Å². The van der Waals surface area contributed by atoms with Crippen LogP contribution in [-0.2, 0) is 11.3 Å². The maximum atomic E-state index is 12.1. The van der Waals surface area contributed by atoms with Crippen LogP contribution in [0.4, 0.5) is 0 Å². The number of nitrogens with zero attached hydrogens (tertiary/aromatic N) is 5. The smallest absolute Gasteiger partial charge is 0.244 e. The molecule has 1 aromatic carbocycles. The van der Waals surface area contributed by atoms with Crippen molar-refractivity contribution in [2.75, 3.05) is 0 Å². The van der Waals surface area contributed by atoms with Crippen LogP contribution < -0.4 is 5.32 Å². The summed E-state index contributed by atoms with van der Waals surface area (Å²) in [7, 11) is 0. The van der Waals surface area contributed by atoms with Gasteiger partial charge in [-0.25, -0.2) is 0 Å². The molecule has 118 valence electrons. The van der Waals surface area contributed by atoms with E-state index in [2.05, 4.69) is 42.7 Å². The highest BCUT2D eigenvalue weighted by atomic mass is 79.9. The van der Waals surface area contributed by atoms with Gasteiger partial charge in [-0.3, -0.25) is 4.79 Å². The molecule has 1 amide bonds. The van der Waals surface area contributed by atoms with E-state index in [0.717, 1.165) is 22.9 Å². The first-order valence-corrected chi connectivity index (χ1v) is 8.05. The summed E-state index contributed by atoms with van der Waals surface area (Å²) in [4.78, 5) is 13.3. The number of hydrogen-bond acceptors (Lipinski definition) is 5. The molecule has 0 aliphatic heterocycles. The molecule has 1 heterocycles. The number of rotatable bonds is 5. The van der Waals surface area contributed by atoms with Crippen LogP contribution in [0.5, 0.6) is 0 Å². The minimum Gasteiger partial charge on any atom is -0.336 e. The summed E-state index contributed by atoms with van der Waals surface area (Å²) in [5.41, 5.74) is 0.00588. The molecule has 23 heavy (non-hydrogen) atoms. The van der Waals surface area contributed by atoms with Gasteiger partial charge in [-0.05, 0) is 55.2 Å². The predicted octanol–water partition coefficient (Wildman–Crippen LogP) is 1.91. The third-order valence-electron chi connectivity index (χ3n) is 3.87.